The van der Waals surface area contributed by atoms with Crippen molar-refractivity contribution in [1.29, 1.82) is 0 Å². The number of hydrogen-bond acceptors (Lipinski definition) is 3. The molecule has 0 saturated heterocycles. The van der Waals surface area contributed by atoms with E-state index in [1.165, 1.54) is 23.9 Å². The van der Waals surface area contributed by atoms with Crippen molar-refractivity contribution in [3.05, 3.63) is 72.0 Å². The van der Waals surface area contributed by atoms with Crippen molar-refractivity contribution in [2.45, 2.75) is 30.2 Å². The number of amides is 1. The molecule has 1 aromatic heterocycles. The summed E-state index contributed by atoms with van der Waals surface area (Å²) in [5, 5.41) is 4.58. The number of hydrogen-bond donors (Lipinski definition) is 1. The third-order valence-electron chi connectivity index (χ3n) is 3.97. The maximum absolute atomic E-state index is 13.0. The van der Waals surface area contributed by atoms with Crippen LogP contribution in [0, 0.1) is 5.82 Å². The summed E-state index contributed by atoms with van der Waals surface area (Å²) in [5.74, 6) is -0.356. The van der Waals surface area contributed by atoms with Gasteiger partial charge in [0, 0.05) is 5.39 Å². The first-order valence-corrected chi connectivity index (χ1v) is 8.99. The summed E-state index contributed by atoms with van der Waals surface area (Å²) in [5.41, 5.74) is 1.79. The molecule has 1 heterocycles. The highest BCUT2D eigenvalue weighted by Gasteiger charge is 2.18. The number of rotatable bonds is 5. The molecule has 0 bridgehead atoms. The molecule has 2 unspecified atom stereocenters. The molecule has 25 heavy (non-hydrogen) atoms. The Hall–Kier alpha value is -2.40. The van der Waals surface area contributed by atoms with Crippen LogP contribution >= 0.6 is 11.8 Å². The molecular weight excluding hydrogens is 335 g/mol. The van der Waals surface area contributed by atoms with Crippen LogP contribution < -0.4 is 5.32 Å². The van der Waals surface area contributed by atoms with E-state index >= 15 is 0 Å². The number of fused-ring (bicyclic) bond motifs is 1. The fourth-order valence-electron chi connectivity index (χ4n) is 2.51. The summed E-state index contributed by atoms with van der Waals surface area (Å²) < 4.78 is 13.0. The van der Waals surface area contributed by atoms with Gasteiger partial charge < -0.3 is 5.32 Å². The lowest BCUT2D eigenvalue weighted by atomic mass is 10.1. The van der Waals surface area contributed by atoms with Crippen LogP contribution in [0.5, 0.6) is 0 Å². The molecule has 0 aliphatic rings. The minimum absolute atomic E-state index is 0.0724. The summed E-state index contributed by atoms with van der Waals surface area (Å²) in [4.78, 5) is 17.0. The molecular formula is C20H19FN2OS. The van der Waals surface area contributed by atoms with Crippen LogP contribution in [-0.4, -0.2) is 16.1 Å². The summed E-state index contributed by atoms with van der Waals surface area (Å²) in [6.07, 6.45) is 0. The van der Waals surface area contributed by atoms with Gasteiger partial charge in [-0.1, -0.05) is 48.2 Å². The van der Waals surface area contributed by atoms with Crippen LogP contribution in [0.25, 0.3) is 10.9 Å². The van der Waals surface area contributed by atoms with Crippen molar-refractivity contribution >= 4 is 28.6 Å². The van der Waals surface area contributed by atoms with Gasteiger partial charge in [-0.05, 0) is 43.7 Å². The smallest absolute Gasteiger partial charge is 0.233 e. The first-order valence-electron chi connectivity index (χ1n) is 8.11. The van der Waals surface area contributed by atoms with Gasteiger partial charge >= 0.3 is 0 Å². The molecule has 5 heteroatoms. The maximum atomic E-state index is 13.0. The lowest BCUT2D eigenvalue weighted by molar-refractivity contribution is -0.120. The predicted octanol–water partition coefficient (Wildman–Crippen LogP) is 4.73. The quantitative estimate of drug-likeness (QED) is 0.674. The summed E-state index contributed by atoms with van der Waals surface area (Å²) in [6, 6.07) is 17.8. The molecule has 0 spiro atoms. The fraction of sp³-hybridized carbons (Fsp3) is 0.200. The van der Waals surface area contributed by atoms with E-state index in [2.05, 4.69) is 10.3 Å². The number of nitrogens with zero attached hydrogens (tertiary/aromatic N) is 1. The number of pyridine rings is 1. The van der Waals surface area contributed by atoms with Crippen molar-refractivity contribution in [3.8, 4) is 0 Å². The Morgan fingerprint density at radius 2 is 1.76 bits per heavy atom. The van der Waals surface area contributed by atoms with Crippen molar-refractivity contribution in [1.82, 2.24) is 10.3 Å². The van der Waals surface area contributed by atoms with Crippen LogP contribution in [-0.2, 0) is 4.79 Å². The Morgan fingerprint density at radius 3 is 2.52 bits per heavy atom. The first-order chi connectivity index (χ1) is 12.0. The van der Waals surface area contributed by atoms with E-state index in [1.54, 1.807) is 12.1 Å². The van der Waals surface area contributed by atoms with E-state index in [1.807, 2.05) is 50.2 Å². The normalized spacial score (nSPS) is 13.4. The molecule has 0 fully saturated rings. The highest BCUT2D eigenvalue weighted by atomic mass is 32.2. The minimum Gasteiger partial charge on any atom is -0.349 e. The van der Waals surface area contributed by atoms with Gasteiger partial charge in [0.1, 0.15) is 5.82 Å². The Labute approximate surface area is 150 Å². The Bertz CT molecular complexity index is 882. The average molecular weight is 354 g/mol. The lowest BCUT2D eigenvalue weighted by Gasteiger charge is -2.17. The molecule has 3 rings (SSSR count). The standard InChI is InChI=1S/C20H19FN2OS/c1-13(15-7-10-17(21)11-8-15)22-20(24)14(2)25-19-12-9-16-5-3-4-6-18(16)23-19/h3-14H,1-2H3,(H,22,24). The Kier molecular flexibility index (Phi) is 5.34. The van der Waals surface area contributed by atoms with Gasteiger partial charge in [-0.2, -0.15) is 0 Å². The number of para-hydroxylation sites is 1. The van der Waals surface area contributed by atoms with E-state index in [0.717, 1.165) is 21.5 Å². The molecule has 2 aromatic carbocycles. The number of benzene rings is 2. The summed E-state index contributed by atoms with van der Waals surface area (Å²) in [7, 11) is 0. The first kappa shape index (κ1) is 17.4. The zero-order valence-corrected chi connectivity index (χ0v) is 14.9. The van der Waals surface area contributed by atoms with Crippen LogP contribution in [0.3, 0.4) is 0 Å². The van der Waals surface area contributed by atoms with E-state index in [9.17, 15) is 9.18 Å². The van der Waals surface area contributed by atoms with Gasteiger partial charge in [-0.3, -0.25) is 4.79 Å². The van der Waals surface area contributed by atoms with Gasteiger partial charge in [-0.15, -0.1) is 0 Å². The summed E-state index contributed by atoms with van der Waals surface area (Å²) in [6.45, 7) is 3.74. The van der Waals surface area contributed by atoms with Gasteiger partial charge in [0.2, 0.25) is 5.91 Å². The SMILES string of the molecule is CC(Sc1ccc2ccccc2n1)C(=O)NC(C)c1ccc(F)cc1. The van der Waals surface area contributed by atoms with E-state index < -0.39 is 0 Å². The number of carbonyl (C=O) groups is 1. The highest BCUT2D eigenvalue weighted by molar-refractivity contribution is 8.00. The van der Waals surface area contributed by atoms with Crippen LogP contribution in [0.1, 0.15) is 25.5 Å². The molecule has 0 saturated carbocycles. The molecule has 1 N–H and O–H groups in total. The number of halogens is 1. The number of carbonyl (C=O) groups excluding carboxylic acids is 1. The van der Waals surface area contributed by atoms with Gasteiger partial charge in [0.15, 0.2) is 0 Å². The van der Waals surface area contributed by atoms with E-state index in [-0.39, 0.29) is 23.0 Å². The predicted molar refractivity (Wildman–Crippen MR) is 100 cm³/mol. The molecule has 3 aromatic rings. The van der Waals surface area contributed by atoms with Crippen LogP contribution in [0.4, 0.5) is 4.39 Å². The van der Waals surface area contributed by atoms with Gasteiger partial charge in [-0.25, -0.2) is 9.37 Å². The monoisotopic (exact) mass is 354 g/mol. The van der Waals surface area contributed by atoms with Crippen molar-refractivity contribution in [2.24, 2.45) is 0 Å². The largest absolute Gasteiger partial charge is 0.349 e. The van der Waals surface area contributed by atoms with Gasteiger partial charge in [0.05, 0.1) is 21.8 Å². The highest BCUT2D eigenvalue weighted by Crippen LogP contribution is 2.24. The molecule has 0 aliphatic heterocycles. The van der Waals surface area contributed by atoms with Crippen LogP contribution in [0.15, 0.2) is 65.7 Å². The van der Waals surface area contributed by atoms with Gasteiger partial charge in [0.25, 0.3) is 0 Å². The molecule has 2 atom stereocenters. The lowest BCUT2D eigenvalue weighted by Crippen LogP contribution is -2.33. The zero-order chi connectivity index (χ0) is 17.8. The second-order valence-electron chi connectivity index (χ2n) is 5.88. The number of nitrogens with one attached hydrogen (secondary N) is 1. The second kappa shape index (κ2) is 7.66. The zero-order valence-electron chi connectivity index (χ0n) is 14.1. The minimum atomic E-state index is -0.284. The Morgan fingerprint density at radius 1 is 1.04 bits per heavy atom. The van der Waals surface area contributed by atoms with E-state index in [0.29, 0.717) is 0 Å². The number of thioether (sulfide) groups is 1. The van der Waals surface area contributed by atoms with E-state index in [4.69, 9.17) is 0 Å². The second-order valence-corrected chi connectivity index (χ2v) is 7.25. The molecule has 0 aliphatic carbocycles. The molecule has 1 amide bonds. The van der Waals surface area contributed by atoms with Crippen molar-refractivity contribution < 1.29 is 9.18 Å². The van der Waals surface area contributed by atoms with Crippen molar-refractivity contribution in [2.75, 3.05) is 0 Å². The Balaban J connectivity index is 1.64. The maximum Gasteiger partial charge on any atom is 0.233 e. The topological polar surface area (TPSA) is 42.0 Å². The molecule has 3 nitrogen and oxygen atoms in total. The third-order valence-corrected chi connectivity index (χ3v) is 5.00. The third kappa shape index (κ3) is 4.37. The average Bonchev–Trinajstić information content (AvgIpc) is 2.62. The molecule has 0 radical (unpaired) electrons. The number of aromatic nitrogens is 1. The summed E-state index contributed by atoms with van der Waals surface area (Å²) >= 11 is 1.42. The fourth-order valence-corrected chi connectivity index (χ4v) is 3.35. The van der Waals surface area contributed by atoms with Crippen LogP contribution in [0.2, 0.25) is 0 Å². The molecule has 128 valence electrons. The van der Waals surface area contributed by atoms with Crippen molar-refractivity contribution in [3.63, 3.8) is 0 Å².